The molecule has 1 aliphatic rings. The number of furan rings is 1. The minimum Gasteiger partial charge on any atom is -0.472 e. The van der Waals surface area contributed by atoms with Crippen molar-refractivity contribution in [1.29, 1.82) is 0 Å². The van der Waals surface area contributed by atoms with Crippen LogP contribution in [0.1, 0.15) is 30.9 Å². The fraction of sp³-hybridized carbons (Fsp3) is 0.556. The lowest BCUT2D eigenvalue weighted by Gasteiger charge is -2.30. The molecule has 1 aromatic rings. The lowest BCUT2D eigenvalue weighted by Crippen LogP contribution is -2.26. The van der Waals surface area contributed by atoms with Gasteiger partial charge in [0.05, 0.1) is 12.5 Å². The summed E-state index contributed by atoms with van der Waals surface area (Å²) in [7, 11) is 0. The van der Waals surface area contributed by atoms with Gasteiger partial charge in [0.25, 0.3) is 0 Å². The Hall–Kier alpha value is -0.760. The van der Waals surface area contributed by atoms with Crippen LogP contribution in [0.2, 0.25) is 0 Å². The third-order valence-corrected chi connectivity index (χ3v) is 2.59. The fourth-order valence-electron chi connectivity index (χ4n) is 1.54. The standard InChI is InChI=1S/C9H13NO/c10-9(7-2-1-3-7)8-4-5-11-6-8/h4-7,9H,1-3,10H2. The van der Waals surface area contributed by atoms with E-state index in [0.717, 1.165) is 5.56 Å². The fourth-order valence-corrected chi connectivity index (χ4v) is 1.54. The second-order valence-electron chi connectivity index (χ2n) is 3.27. The summed E-state index contributed by atoms with van der Waals surface area (Å²) < 4.78 is 4.97. The van der Waals surface area contributed by atoms with Crippen LogP contribution in [-0.2, 0) is 0 Å². The molecule has 1 heterocycles. The van der Waals surface area contributed by atoms with Crippen LogP contribution in [0.5, 0.6) is 0 Å². The van der Waals surface area contributed by atoms with Gasteiger partial charge in [0.15, 0.2) is 0 Å². The normalized spacial score (nSPS) is 21.2. The van der Waals surface area contributed by atoms with E-state index >= 15 is 0 Å². The molecule has 0 spiro atoms. The summed E-state index contributed by atoms with van der Waals surface area (Å²) in [5, 5.41) is 0. The van der Waals surface area contributed by atoms with Crippen LogP contribution in [-0.4, -0.2) is 0 Å². The van der Waals surface area contributed by atoms with E-state index in [1.165, 1.54) is 19.3 Å². The Labute approximate surface area is 66.4 Å². The Morgan fingerprint density at radius 3 is 2.82 bits per heavy atom. The maximum atomic E-state index is 5.98. The molecule has 0 radical (unpaired) electrons. The van der Waals surface area contributed by atoms with Gasteiger partial charge in [0, 0.05) is 11.6 Å². The Morgan fingerprint density at radius 1 is 1.55 bits per heavy atom. The molecule has 11 heavy (non-hydrogen) atoms. The molecule has 0 aromatic carbocycles. The number of hydrogen-bond donors (Lipinski definition) is 1. The van der Waals surface area contributed by atoms with E-state index < -0.39 is 0 Å². The molecule has 1 aromatic heterocycles. The molecule has 0 saturated heterocycles. The lowest BCUT2D eigenvalue weighted by molar-refractivity contribution is 0.263. The lowest BCUT2D eigenvalue weighted by atomic mass is 9.78. The van der Waals surface area contributed by atoms with E-state index in [1.807, 2.05) is 6.07 Å². The van der Waals surface area contributed by atoms with E-state index in [4.69, 9.17) is 10.2 Å². The van der Waals surface area contributed by atoms with Crippen molar-refractivity contribution in [2.75, 3.05) is 0 Å². The third-order valence-electron chi connectivity index (χ3n) is 2.59. The molecule has 2 nitrogen and oxygen atoms in total. The Bertz CT molecular complexity index is 213. The Balaban J connectivity index is 2.04. The second-order valence-corrected chi connectivity index (χ2v) is 3.27. The Kier molecular flexibility index (Phi) is 1.70. The maximum absolute atomic E-state index is 5.98. The largest absolute Gasteiger partial charge is 0.472 e. The molecule has 2 rings (SSSR count). The molecule has 60 valence electrons. The predicted octanol–water partition coefficient (Wildman–Crippen LogP) is 2.08. The van der Waals surface area contributed by atoms with Gasteiger partial charge in [-0.3, -0.25) is 0 Å². The molecule has 0 bridgehead atoms. The van der Waals surface area contributed by atoms with Crippen molar-refractivity contribution < 1.29 is 4.42 Å². The molecule has 1 saturated carbocycles. The Morgan fingerprint density at radius 2 is 2.36 bits per heavy atom. The topological polar surface area (TPSA) is 39.2 Å². The summed E-state index contributed by atoms with van der Waals surface area (Å²) >= 11 is 0. The van der Waals surface area contributed by atoms with Crippen molar-refractivity contribution in [3.05, 3.63) is 24.2 Å². The van der Waals surface area contributed by atoms with Gasteiger partial charge < -0.3 is 10.2 Å². The van der Waals surface area contributed by atoms with Gasteiger partial charge in [-0.25, -0.2) is 0 Å². The summed E-state index contributed by atoms with van der Waals surface area (Å²) in [6, 6.07) is 2.17. The maximum Gasteiger partial charge on any atom is 0.0950 e. The molecule has 0 amide bonds. The summed E-state index contributed by atoms with van der Waals surface area (Å²) in [4.78, 5) is 0. The average molecular weight is 151 g/mol. The van der Waals surface area contributed by atoms with E-state index in [-0.39, 0.29) is 6.04 Å². The molecular weight excluding hydrogens is 138 g/mol. The van der Waals surface area contributed by atoms with Crippen molar-refractivity contribution in [2.24, 2.45) is 11.7 Å². The quantitative estimate of drug-likeness (QED) is 0.702. The highest BCUT2D eigenvalue weighted by molar-refractivity contribution is 5.12. The van der Waals surface area contributed by atoms with Gasteiger partial charge in [-0.2, -0.15) is 0 Å². The molecule has 1 unspecified atom stereocenters. The highest BCUT2D eigenvalue weighted by Crippen LogP contribution is 2.35. The van der Waals surface area contributed by atoms with Crippen LogP contribution in [0.4, 0.5) is 0 Å². The first-order valence-electron chi connectivity index (χ1n) is 4.15. The van der Waals surface area contributed by atoms with Crippen molar-refractivity contribution in [3.63, 3.8) is 0 Å². The smallest absolute Gasteiger partial charge is 0.0950 e. The SMILES string of the molecule is NC(c1ccoc1)C1CCC1. The van der Waals surface area contributed by atoms with Gasteiger partial charge >= 0.3 is 0 Å². The highest BCUT2D eigenvalue weighted by atomic mass is 16.3. The first kappa shape index (κ1) is 6.92. The molecule has 0 aliphatic heterocycles. The van der Waals surface area contributed by atoms with E-state index in [2.05, 4.69) is 0 Å². The van der Waals surface area contributed by atoms with Gasteiger partial charge in [-0.1, -0.05) is 6.42 Å². The monoisotopic (exact) mass is 151 g/mol. The average Bonchev–Trinajstić information content (AvgIpc) is 2.32. The molecular formula is C9H13NO. The van der Waals surface area contributed by atoms with Gasteiger partial charge in [-0.15, -0.1) is 0 Å². The summed E-state index contributed by atoms with van der Waals surface area (Å²) in [5.74, 6) is 0.701. The van der Waals surface area contributed by atoms with Crippen molar-refractivity contribution in [3.8, 4) is 0 Å². The molecule has 1 aliphatic carbocycles. The van der Waals surface area contributed by atoms with Crippen LogP contribution < -0.4 is 5.73 Å². The minimum atomic E-state index is 0.211. The molecule has 1 fully saturated rings. The van der Waals surface area contributed by atoms with Crippen LogP contribution in [0.25, 0.3) is 0 Å². The number of hydrogen-bond acceptors (Lipinski definition) is 2. The van der Waals surface area contributed by atoms with Crippen LogP contribution in [0, 0.1) is 5.92 Å². The zero-order valence-corrected chi connectivity index (χ0v) is 6.49. The molecule has 2 N–H and O–H groups in total. The first-order chi connectivity index (χ1) is 5.38. The van der Waals surface area contributed by atoms with Gasteiger partial charge in [-0.05, 0) is 24.8 Å². The second kappa shape index (κ2) is 2.70. The highest BCUT2D eigenvalue weighted by Gasteiger charge is 2.25. The summed E-state index contributed by atoms with van der Waals surface area (Å²) in [6.45, 7) is 0. The molecule has 1 atom stereocenters. The van der Waals surface area contributed by atoms with Crippen molar-refractivity contribution >= 4 is 0 Å². The van der Waals surface area contributed by atoms with Crippen molar-refractivity contribution in [2.45, 2.75) is 25.3 Å². The van der Waals surface area contributed by atoms with Crippen LogP contribution in [0.15, 0.2) is 23.0 Å². The minimum absolute atomic E-state index is 0.211. The summed E-state index contributed by atoms with van der Waals surface area (Å²) in [6.07, 6.45) is 7.35. The zero-order valence-electron chi connectivity index (χ0n) is 6.49. The van der Waals surface area contributed by atoms with E-state index in [0.29, 0.717) is 5.92 Å². The van der Waals surface area contributed by atoms with Gasteiger partial charge in [0.2, 0.25) is 0 Å². The molecule has 2 heteroatoms. The summed E-state index contributed by atoms with van der Waals surface area (Å²) in [5.41, 5.74) is 7.13. The van der Waals surface area contributed by atoms with Crippen LogP contribution in [0.3, 0.4) is 0 Å². The van der Waals surface area contributed by atoms with Gasteiger partial charge in [0.1, 0.15) is 0 Å². The van der Waals surface area contributed by atoms with E-state index in [9.17, 15) is 0 Å². The zero-order chi connectivity index (χ0) is 7.68. The van der Waals surface area contributed by atoms with E-state index in [1.54, 1.807) is 12.5 Å². The number of nitrogens with two attached hydrogens (primary N) is 1. The third kappa shape index (κ3) is 1.18. The number of rotatable bonds is 2. The van der Waals surface area contributed by atoms with Crippen LogP contribution >= 0.6 is 0 Å². The van der Waals surface area contributed by atoms with Crippen molar-refractivity contribution in [1.82, 2.24) is 0 Å². The predicted molar refractivity (Wildman–Crippen MR) is 43.0 cm³/mol. The first-order valence-corrected chi connectivity index (χ1v) is 4.15.